The summed E-state index contributed by atoms with van der Waals surface area (Å²) in [7, 11) is 1.50. The monoisotopic (exact) mass is 726 g/mol. The predicted molar refractivity (Wildman–Crippen MR) is 106 cm³/mol. The molecule has 0 heterocycles. The molecule has 0 bridgehead atoms. The zero-order valence-corrected chi connectivity index (χ0v) is 23.6. The molecule has 2 aromatic carbocycles. The molecular weight excluding hydrogens is 695 g/mol. The van der Waals surface area contributed by atoms with Crippen LogP contribution in [0.3, 0.4) is 0 Å². The van der Waals surface area contributed by atoms with Crippen LogP contribution in [0.15, 0.2) is 65.6 Å². The Morgan fingerprint density at radius 1 is 0.680 bits per heavy atom. The Kier molecular flexibility index (Phi) is 42.0. The minimum atomic E-state index is -3.53. The fraction of sp³-hybridized carbons (Fsp3) is 0.263. The molecule has 146 valence electrons. The molecule has 0 spiro atoms. The molecule has 0 fully saturated rings. The van der Waals surface area contributed by atoms with E-state index in [0.29, 0.717) is 0 Å². The van der Waals surface area contributed by atoms with Crippen molar-refractivity contribution in [3.05, 3.63) is 81.1 Å². The zero-order valence-electron chi connectivity index (χ0n) is 16.2. The third-order valence-corrected chi connectivity index (χ3v) is 3.33. The van der Waals surface area contributed by atoms with Crippen LogP contribution < -0.4 is 0 Å². The molecule has 0 aliphatic heterocycles. The average molecular weight is 727 g/mol. The van der Waals surface area contributed by atoms with Crippen molar-refractivity contribution in [3.63, 3.8) is 0 Å². The molecule has 0 aliphatic rings. The Balaban J connectivity index is -0.0000000543. The van der Waals surface area contributed by atoms with E-state index in [1.807, 2.05) is 45.9 Å². The smallest absolute Gasteiger partial charge is 0.261 e. The van der Waals surface area contributed by atoms with Crippen molar-refractivity contribution in [1.29, 1.82) is 0 Å². The number of hydrogen-bond acceptors (Lipinski definition) is 2. The first kappa shape index (κ1) is 39.9. The summed E-state index contributed by atoms with van der Waals surface area (Å²) < 4.78 is 21.2. The second-order valence-corrected chi connectivity index (χ2v) is 5.97. The summed E-state index contributed by atoms with van der Waals surface area (Å²) in [6.07, 6.45) is 0. The fourth-order valence-electron chi connectivity index (χ4n) is 1.12. The molecule has 0 N–H and O–H groups in total. The summed E-state index contributed by atoms with van der Waals surface area (Å²) in [4.78, 5) is 0.136. The standard InChI is InChI=1S/C7H8.C6H5ClO2S.2C2H6.2CH3.2W/c1-7-5-3-2-4-6-7;7-10(8,9)6-4-2-1-3-5-6;2*1-2;;;;/h2-6H,1H3;1-5H;2*1-2H3;2*1H3;;/q;;;;2*-1;;. The molecular formula is C19H31ClO2SW2-2. The van der Waals surface area contributed by atoms with Crippen molar-refractivity contribution < 1.29 is 50.5 Å². The van der Waals surface area contributed by atoms with Gasteiger partial charge < -0.3 is 14.9 Å². The van der Waals surface area contributed by atoms with E-state index in [1.54, 1.807) is 18.2 Å². The van der Waals surface area contributed by atoms with Gasteiger partial charge in [0.15, 0.2) is 0 Å². The minimum absolute atomic E-state index is 0. The summed E-state index contributed by atoms with van der Waals surface area (Å²) in [6.45, 7) is 10.1. The third-order valence-electron chi connectivity index (χ3n) is 1.97. The predicted octanol–water partition coefficient (Wildman–Crippen LogP) is 6.56. The maximum absolute atomic E-state index is 10.6. The van der Waals surface area contributed by atoms with Gasteiger partial charge in [-0.2, -0.15) is 0 Å². The second kappa shape index (κ2) is 26.3. The Morgan fingerprint density at radius 3 is 1.12 bits per heavy atom. The van der Waals surface area contributed by atoms with E-state index in [-0.39, 0.29) is 61.9 Å². The molecule has 2 aromatic rings. The van der Waals surface area contributed by atoms with Crippen LogP contribution in [0.25, 0.3) is 0 Å². The van der Waals surface area contributed by atoms with Gasteiger partial charge in [0.1, 0.15) is 0 Å². The van der Waals surface area contributed by atoms with Gasteiger partial charge in [-0.3, -0.25) is 0 Å². The van der Waals surface area contributed by atoms with Gasteiger partial charge in [-0.05, 0) is 19.1 Å². The topological polar surface area (TPSA) is 34.1 Å². The molecule has 0 amide bonds. The Hall–Kier alpha value is 0.0566. The van der Waals surface area contributed by atoms with Gasteiger partial charge in [-0.15, -0.1) is 0 Å². The first-order chi connectivity index (χ1) is 10.00. The van der Waals surface area contributed by atoms with E-state index in [0.717, 1.165) is 0 Å². The summed E-state index contributed by atoms with van der Waals surface area (Å²) >= 11 is 0. The van der Waals surface area contributed by atoms with Gasteiger partial charge in [0, 0.05) is 52.8 Å². The second-order valence-electron chi connectivity index (χ2n) is 3.41. The van der Waals surface area contributed by atoms with E-state index < -0.39 is 9.05 Å². The van der Waals surface area contributed by atoms with Crippen molar-refractivity contribution in [3.8, 4) is 0 Å². The van der Waals surface area contributed by atoms with Crippen LogP contribution in [0.4, 0.5) is 0 Å². The van der Waals surface area contributed by atoms with Crippen molar-refractivity contribution in [2.75, 3.05) is 0 Å². The van der Waals surface area contributed by atoms with Crippen LogP contribution in [0.2, 0.25) is 0 Å². The van der Waals surface area contributed by atoms with Gasteiger partial charge in [-0.1, -0.05) is 81.8 Å². The van der Waals surface area contributed by atoms with Crippen LogP contribution in [0.5, 0.6) is 0 Å². The molecule has 2 rings (SSSR count). The van der Waals surface area contributed by atoms with E-state index in [4.69, 9.17) is 10.7 Å². The maximum Gasteiger partial charge on any atom is 0.261 e. The number of aryl methyl sites for hydroxylation is 1. The van der Waals surface area contributed by atoms with E-state index in [1.165, 1.54) is 17.7 Å². The van der Waals surface area contributed by atoms with Crippen molar-refractivity contribution in [1.82, 2.24) is 0 Å². The molecule has 0 aliphatic carbocycles. The third kappa shape index (κ3) is 24.1. The average Bonchev–Trinajstić information content (AvgIpc) is 2.53. The van der Waals surface area contributed by atoms with Crippen LogP contribution in [-0.4, -0.2) is 8.42 Å². The molecule has 0 atom stereocenters. The molecule has 0 aromatic heterocycles. The molecule has 0 saturated carbocycles. The summed E-state index contributed by atoms with van der Waals surface area (Å²) in [5.41, 5.74) is 1.32. The van der Waals surface area contributed by atoms with Crippen LogP contribution >= 0.6 is 10.7 Å². The number of benzene rings is 2. The van der Waals surface area contributed by atoms with Crippen LogP contribution in [0, 0.1) is 21.8 Å². The normalized spacial score (nSPS) is 7.44. The molecule has 2 nitrogen and oxygen atoms in total. The molecule has 0 radical (unpaired) electrons. The minimum Gasteiger partial charge on any atom is -0.358 e. The van der Waals surface area contributed by atoms with Crippen LogP contribution in [-0.2, 0) is 51.2 Å². The number of hydrogen-bond donors (Lipinski definition) is 0. The van der Waals surface area contributed by atoms with Crippen LogP contribution in [0.1, 0.15) is 33.3 Å². The Bertz CT molecular complexity index is 548. The van der Waals surface area contributed by atoms with Gasteiger partial charge in [0.05, 0.1) is 4.90 Å². The molecule has 0 saturated heterocycles. The van der Waals surface area contributed by atoms with Crippen molar-refractivity contribution in [2.24, 2.45) is 0 Å². The molecule has 25 heavy (non-hydrogen) atoms. The van der Waals surface area contributed by atoms with E-state index in [2.05, 4.69) is 19.1 Å². The van der Waals surface area contributed by atoms with Gasteiger partial charge in [0.25, 0.3) is 9.05 Å². The SMILES string of the molecule is CC.CC.Cc1ccccc1.O=S(=O)(Cl)c1ccccc1.[CH3-].[CH3-].[W].[W]. The van der Waals surface area contributed by atoms with E-state index >= 15 is 0 Å². The first-order valence-electron chi connectivity index (χ1n) is 7.01. The van der Waals surface area contributed by atoms with Crippen molar-refractivity contribution >= 4 is 19.7 Å². The van der Waals surface area contributed by atoms with Gasteiger partial charge in [0.2, 0.25) is 0 Å². The summed E-state index contributed by atoms with van der Waals surface area (Å²) in [5, 5.41) is 0. The van der Waals surface area contributed by atoms with Gasteiger partial charge >= 0.3 is 0 Å². The summed E-state index contributed by atoms with van der Waals surface area (Å²) in [6, 6.07) is 18.1. The Labute approximate surface area is 189 Å². The van der Waals surface area contributed by atoms with Crippen molar-refractivity contribution in [2.45, 2.75) is 39.5 Å². The number of halogens is 1. The summed E-state index contributed by atoms with van der Waals surface area (Å²) in [5.74, 6) is 0. The quantitative estimate of drug-likeness (QED) is 0.247. The first-order valence-corrected chi connectivity index (χ1v) is 9.32. The number of rotatable bonds is 1. The maximum atomic E-state index is 10.6. The fourth-order valence-corrected chi connectivity index (χ4v) is 1.91. The Morgan fingerprint density at radius 2 is 0.960 bits per heavy atom. The largest absolute Gasteiger partial charge is 0.358 e. The van der Waals surface area contributed by atoms with Gasteiger partial charge in [-0.25, -0.2) is 8.42 Å². The molecule has 0 unspecified atom stereocenters. The van der Waals surface area contributed by atoms with E-state index in [9.17, 15) is 8.42 Å². The molecule has 6 heteroatoms. The zero-order chi connectivity index (χ0) is 16.7.